The number of rotatable bonds is 13. The highest BCUT2D eigenvalue weighted by Gasteiger charge is 2.40. The van der Waals surface area contributed by atoms with Gasteiger partial charge < -0.3 is 39.9 Å². The SMILES string of the molecule is CCC(CC)C(C)C(NC(=O)OC)C(=O)N1CCCC1c1cc(=O)c2ccc(-c3ccc4cc(-c5cnc(C6CCCN6C(=O)C(NC(=O)OC)C(C)C)[nH]5)ccc4c3)cc2[nH]1. The van der Waals surface area contributed by atoms with Crippen LogP contribution in [0.3, 0.4) is 0 Å². The van der Waals surface area contributed by atoms with E-state index in [4.69, 9.17) is 14.5 Å². The molecule has 328 valence electrons. The average molecular weight is 846 g/mol. The third-order valence-electron chi connectivity index (χ3n) is 13.1. The molecule has 5 unspecified atom stereocenters. The standard InChI is InChI=1S/C48H59N7O7/c1-8-29(9-2)28(5)43(53-48(60)62-7)46(58)54-20-10-12-39(54)37-25-41(56)35-19-18-33(24-36(35)50-37)31-14-15-32-23-34(17-16-30(32)22-31)38-26-49-44(51-38)40-13-11-21-55(40)45(57)42(27(3)4)52-47(59)61-6/h14-19,22-29,39-40,42-43H,8-13,20-21H2,1-7H3,(H,49,51)(H,50,56)(H,52,59)(H,53,60). The molecule has 2 saturated heterocycles. The van der Waals surface area contributed by atoms with E-state index in [1.54, 1.807) is 17.2 Å². The lowest BCUT2D eigenvalue weighted by Crippen LogP contribution is -2.53. The number of pyridine rings is 1. The molecule has 62 heavy (non-hydrogen) atoms. The Morgan fingerprint density at radius 1 is 0.742 bits per heavy atom. The largest absolute Gasteiger partial charge is 0.453 e. The van der Waals surface area contributed by atoms with Crippen molar-refractivity contribution in [3.05, 3.63) is 88.6 Å². The summed E-state index contributed by atoms with van der Waals surface area (Å²) < 4.78 is 9.69. The molecule has 0 bridgehead atoms. The quantitative estimate of drug-likeness (QED) is 0.0915. The summed E-state index contributed by atoms with van der Waals surface area (Å²) in [5.41, 5.74) is 4.96. The smallest absolute Gasteiger partial charge is 0.407 e. The normalized spacial score (nSPS) is 18.0. The van der Waals surface area contributed by atoms with Crippen LogP contribution in [0.1, 0.15) is 96.7 Å². The molecule has 4 amide bonds. The molecule has 5 aromatic rings. The predicted octanol–water partition coefficient (Wildman–Crippen LogP) is 8.24. The fourth-order valence-electron chi connectivity index (χ4n) is 9.51. The third-order valence-corrected chi connectivity index (χ3v) is 13.1. The number of fused-ring (bicyclic) bond motifs is 2. The minimum absolute atomic E-state index is 0.114. The van der Waals surface area contributed by atoms with Gasteiger partial charge in [-0.1, -0.05) is 77.8 Å². The minimum atomic E-state index is -0.755. The highest BCUT2D eigenvalue weighted by Crippen LogP contribution is 2.36. The second kappa shape index (κ2) is 18.8. The van der Waals surface area contributed by atoms with Crippen molar-refractivity contribution in [2.45, 2.75) is 97.3 Å². The molecule has 2 aliphatic rings. The zero-order chi connectivity index (χ0) is 44.2. The fourth-order valence-corrected chi connectivity index (χ4v) is 9.51. The molecular weight excluding hydrogens is 787 g/mol. The van der Waals surface area contributed by atoms with Crippen LogP contribution in [0.2, 0.25) is 0 Å². The highest BCUT2D eigenvalue weighted by molar-refractivity contribution is 5.92. The Hall–Kier alpha value is -6.18. The molecule has 0 spiro atoms. The van der Waals surface area contributed by atoms with Crippen molar-refractivity contribution < 1.29 is 28.7 Å². The number of aromatic amines is 2. The van der Waals surface area contributed by atoms with Gasteiger partial charge in [-0.25, -0.2) is 14.6 Å². The molecule has 2 aromatic heterocycles. The molecule has 5 atom stereocenters. The van der Waals surface area contributed by atoms with Gasteiger partial charge in [-0.3, -0.25) is 14.4 Å². The van der Waals surface area contributed by atoms with E-state index in [-0.39, 0.29) is 47.1 Å². The number of H-pyrrole nitrogens is 2. The van der Waals surface area contributed by atoms with E-state index < -0.39 is 24.3 Å². The van der Waals surface area contributed by atoms with Crippen molar-refractivity contribution >= 4 is 45.7 Å². The first kappa shape index (κ1) is 43.9. The lowest BCUT2D eigenvalue weighted by atomic mass is 9.83. The first-order valence-electron chi connectivity index (χ1n) is 21.9. The van der Waals surface area contributed by atoms with Gasteiger partial charge in [-0.05, 0) is 89.6 Å². The monoisotopic (exact) mass is 845 g/mol. The summed E-state index contributed by atoms with van der Waals surface area (Å²) in [6.07, 6.45) is 5.35. The van der Waals surface area contributed by atoms with Gasteiger partial charge in [-0.15, -0.1) is 0 Å². The summed E-state index contributed by atoms with van der Waals surface area (Å²) >= 11 is 0. The van der Waals surface area contributed by atoms with Crippen LogP contribution in [0.4, 0.5) is 9.59 Å². The van der Waals surface area contributed by atoms with Gasteiger partial charge >= 0.3 is 12.2 Å². The zero-order valence-electron chi connectivity index (χ0n) is 36.7. The zero-order valence-corrected chi connectivity index (χ0v) is 36.7. The topological polar surface area (TPSA) is 179 Å². The fraction of sp³-hybridized carbons (Fsp3) is 0.458. The molecule has 0 radical (unpaired) electrons. The van der Waals surface area contributed by atoms with Crippen LogP contribution < -0.4 is 16.1 Å². The number of nitrogens with one attached hydrogen (secondary N) is 4. The maximum atomic E-state index is 14.3. The summed E-state index contributed by atoms with van der Waals surface area (Å²) in [7, 11) is 2.58. The molecule has 0 aliphatic carbocycles. The number of carbonyl (C=O) groups excluding carboxylic acids is 4. The number of methoxy groups -OCH3 is 2. The molecule has 2 fully saturated rings. The number of hydrogen-bond donors (Lipinski definition) is 4. The van der Waals surface area contributed by atoms with Gasteiger partial charge in [-0.2, -0.15) is 0 Å². The van der Waals surface area contributed by atoms with E-state index >= 15 is 0 Å². The Morgan fingerprint density at radius 3 is 1.95 bits per heavy atom. The van der Waals surface area contributed by atoms with Gasteiger partial charge in [0, 0.05) is 35.8 Å². The van der Waals surface area contributed by atoms with E-state index in [1.165, 1.54) is 14.2 Å². The van der Waals surface area contributed by atoms with Crippen molar-refractivity contribution in [1.82, 2.24) is 35.4 Å². The Kier molecular flexibility index (Phi) is 13.3. The minimum Gasteiger partial charge on any atom is -0.453 e. The van der Waals surface area contributed by atoms with Crippen molar-refractivity contribution in [2.24, 2.45) is 17.8 Å². The van der Waals surface area contributed by atoms with Crippen LogP contribution in [-0.4, -0.2) is 88.1 Å². The number of benzene rings is 3. The summed E-state index contributed by atoms with van der Waals surface area (Å²) in [5.74, 6) is 0.386. The van der Waals surface area contributed by atoms with E-state index in [0.29, 0.717) is 41.9 Å². The van der Waals surface area contributed by atoms with Crippen molar-refractivity contribution in [3.8, 4) is 22.4 Å². The Labute approximate surface area is 362 Å². The molecule has 14 heteroatoms. The Morgan fingerprint density at radius 2 is 1.31 bits per heavy atom. The lowest BCUT2D eigenvalue weighted by Gasteiger charge is -2.34. The number of ether oxygens (including phenoxy) is 2. The number of alkyl carbamates (subject to hydrolysis) is 2. The Balaban J connectivity index is 1.11. The van der Waals surface area contributed by atoms with E-state index in [9.17, 15) is 24.0 Å². The van der Waals surface area contributed by atoms with Crippen LogP contribution in [0, 0.1) is 17.8 Å². The molecule has 3 aromatic carbocycles. The maximum Gasteiger partial charge on any atom is 0.407 e. The van der Waals surface area contributed by atoms with Crippen LogP contribution in [0.25, 0.3) is 44.1 Å². The Bertz CT molecular complexity index is 2510. The number of hydrogen-bond acceptors (Lipinski definition) is 8. The number of carbonyl (C=O) groups is 4. The first-order valence-corrected chi connectivity index (χ1v) is 21.9. The average Bonchev–Trinajstić information content (AvgIpc) is 4.08. The molecule has 14 nitrogen and oxygen atoms in total. The van der Waals surface area contributed by atoms with Crippen LogP contribution in [0.15, 0.2) is 71.7 Å². The molecule has 2 aliphatic heterocycles. The number of aromatic nitrogens is 3. The van der Waals surface area contributed by atoms with Gasteiger partial charge in [0.05, 0.1) is 43.7 Å². The summed E-state index contributed by atoms with van der Waals surface area (Å²) in [5, 5.41) is 8.17. The molecular formula is C48H59N7O7. The highest BCUT2D eigenvalue weighted by atomic mass is 16.5. The second-order valence-electron chi connectivity index (χ2n) is 17.1. The van der Waals surface area contributed by atoms with Crippen molar-refractivity contribution in [1.29, 1.82) is 0 Å². The van der Waals surface area contributed by atoms with Gasteiger partial charge in [0.25, 0.3) is 0 Å². The predicted molar refractivity (Wildman–Crippen MR) is 239 cm³/mol. The number of likely N-dealkylation sites (tertiary alicyclic amines) is 2. The van der Waals surface area contributed by atoms with Gasteiger partial charge in [0.1, 0.15) is 17.9 Å². The van der Waals surface area contributed by atoms with Gasteiger partial charge in [0.15, 0.2) is 5.43 Å². The molecule has 4 heterocycles. The lowest BCUT2D eigenvalue weighted by molar-refractivity contribution is -0.136. The summed E-state index contributed by atoms with van der Waals surface area (Å²) in [6.45, 7) is 11.1. The van der Waals surface area contributed by atoms with E-state index in [2.05, 4.69) is 64.8 Å². The van der Waals surface area contributed by atoms with Crippen LogP contribution >= 0.6 is 0 Å². The second-order valence-corrected chi connectivity index (χ2v) is 17.1. The molecule has 7 rings (SSSR count). The molecule has 4 N–H and O–H groups in total. The number of amides is 4. The third kappa shape index (κ3) is 8.91. The molecule has 0 saturated carbocycles. The summed E-state index contributed by atoms with van der Waals surface area (Å²) in [6, 6.07) is 17.9. The van der Waals surface area contributed by atoms with Crippen molar-refractivity contribution in [2.75, 3.05) is 27.3 Å². The maximum absolute atomic E-state index is 14.3. The number of imidazole rings is 1. The van der Waals surface area contributed by atoms with Crippen LogP contribution in [0.5, 0.6) is 0 Å². The summed E-state index contributed by atoms with van der Waals surface area (Å²) in [4.78, 5) is 81.2. The number of nitrogens with zero attached hydrogens (tertiary/aromatic N) is 3. The van der Waals surface area contributed by atoms with E-state index in [0.717, 1.165) is 65.3 Å². The van der Waals surface area contributed by atoms with Gasteiger partial charge in [0.2, 0.25) is 11.8 Å². The van der Waals surface area contributed by atoms with Crippen LogP contribution in [-0.2, 0) is 19.1 Å². The first-order chi connectivity index (χ1) is 29.8. The van der Waals surface area contributed by atoms with E-state index in [1.807, 2.05) is 49.9 Å². The van der Waals surface area contributed by atoms with Crippen molar-refractivity contribution in [3.63, 3.8) is 0 Å².